The second kappa shape index (κ2) is 10.4. The lowest BCUT2D eigenvalue weighted by Crippen LogP contribution is -2.09. The molecule has 0 bridgehead atoms. The smallest absolute Gasteiger partial charge is 0.0462 e. The molecule has 0 aliphatic heterocycles. The van der Waals surface area contributed by atoms with Gasteiger partial charge in [0.15, 0.2) is 0 Å². The molecule has 0 aliphatic carbocycles. The molecule has 6 aromatic carbocycles. The van der Waals surface area contributed by atoms with Crippen molar-refractivity contribution in [2.45, 2.75) is 0 Å². The van der Waals surface area contributed by atoms with E-state index in [1.54, 1.807) is 0 Å². The lowest BCUT2D eigenvalue weighted by Gasteiger charge is -2.26. The van der Waals surface area contributed by atoms with Crippen LogP contribution >= 0.6 is 0 Å². The van der Waals surface area contributed by atoms with Gasteiger partial charge in [-0.05, 0) is 69.8 Å². The number of hydrogen-bond acceptors (Lipinski definition) is 1. The molecular weight excluding hydrogens is 446 g/mol. The van der Waals surface area contributed by atoms with Crippen molar-refractivity contribution < 1.29 is 0 Å². The summed E-state index contributed by atoms with van der Waals surface area (Å²) in [5.41, 5.74) is 10.7. The van der Waals surface area contributed by atoms with Crippen LogP contribution in [0.15, 0.2) is 164 Å². The highest BCUT2D eigenvalue weighted by Crippen LogP contribution is 2.37. The Bertz CT molecular complexity index is 1360. The van der Waals surface area contributed by atoms with E-state index in [1.165, 1.54) is 33.4 Å². The monoisotopic (exact) mass is 473 g/mol. The normalized spacial score (nSPS) is 10.7. The van der Waals surface area contributed by atoms with Crippen LogP contribution in [-0.2, 0) is 0 Å². The fraction of sp³-hybridized carbons (Fsp3) is 0. The number of benzene rings is 6. The zero-order valence-electron chi connectivity index (χ0n) is 20.5. The van der Waals surface area contributed by atoms with E-state index in [0.29, 0.717) is 0 Å². The van der Waals surface area contributed by atoms with Gasteiger partial charge in [0.25, 0.3) is 0 Å². The zero-order valence-corrected chi connectivity index (χ0v) is 20.5. The molecule has 0 saturated heterocycles. The molecule has 0 fully saturated rings. The fourth-order valence-corrected chi connectivity index (χ4v) is 4.75. The summed E-state index contributed by atoms with van der Waals surface area (Å²) in [4.78, 5) is 2.32. The Morgan fingerprint density at radius 1 is 0.216 bits per heavy atom. The van der Waals surface area contributed by atoms with E-state index in [4.69, 9.17) is 0 Å². The molecule has 1 heteroatoms. The second-order valence-electron chi connectivity index (χ2n) is 9.07. The molecule has 6 aromatic rings. The van der Waals surface area contributed by atoms with Crippen molar-refractivity contribution in [3.05, 3.63) is 164 Å². The summed E-state index contributed by atoms with van der Waals surface area (Å²) in [6.45, 7) is 0. The third-order valence-electron chi connectivity index (χ3n) is 6.70. The van der Waals surface area contributed by atoms with Crippen LogP contribution in [0.25, 0.3) is 33.4 Å². The summed E-state index contributed by atoms with van der Waals surface area (Å²) in [6, 6.07) is 58.0. The van der Waals surface area contributed by atoms with Crippen molar-refractivity contribution in [1.82, 2.24) is 0 Å². The lowest BCUT2D eigenvalue weighted by molar-refractivity contribution is 1.28. The predicted molar refractivity (Wildman–Crippen MR) is 157 cm³/mol. The van der Waals surface area contributed by atoms with E-state index in [9.17, 15) is 0 Å². The molecule has 37 heavy (non-hydrogen) atoms. The predicted octanol–water partition coefficient (Wildman–Crippen LogP) is 10.2. The first-order valence-corrected chi connectivity index (χ1v) is 12.6. The maximum Gasteiger partial charge on any atom is 0.0462 e. The average molecular weight is 474 g/mol. The molecule has 0 unspecified atom stereocenters. The van der Waals surface area contributed by atoms with Gasteiger partial charge in [-0.15, -0.1) is 0 Å². The molecule has 0 amide bonds. The van der Waals surface area contributed by atoms with Gasteiger partial charge >= 0.3 is 0 Å². The van der Waals surface area contributed by atoms with E-state index in [-0.39, 0.29) is 0 Å². The summed E-state index contributed by atoms with van der Waals surface area (Å²) >= 11 is 0. The highest BCUT2D eigenvalue weighted by Gasteiger charge is 2.13. The quantitative estimate of drug-likeness (QED) is 0.233. The summed E-state index contributed by atoms with van der Waals surface area (Å²) in [5.74, 6) is 0. The van der Waals surface area contributed by atoms with E-state index in [1.807, 2.05) is 0 Å². The van der Waals surface area contributed by atoms with E-state index >= 15 is 0 Å². The van der Waals surface area contributed by atoms with Crippen LogP contribution in [0.2, 0.25) is 0 Å². The van der Waals surface area contributed by atoms with Crippen LogP contribution < -0.4 is 4.90 Å². The maximum atomic E-state index is 2.32. The number of nitrogens with zero attached hydrogens (tertiary/aromatic N) is 1. The molecular formula is C36H27N. The Hall–Kier alpha value is -4.88. The minimum Gasteiger partial charge on any atom is -0.311 e. The zero-order chi connectivity index (χ0) is 24.9. The molecule has 0 saturated carbocycles. The molecule has 176 valence electrons. The number of anilines is 3. The van der Waals surface area contributed by atoms with Crippen LogP contribution in [0.5, 0.6) is 0 Å². The van der Waals surface area contributed by atoms with Crippen molar-refractivity contribution in [2.24, 2.45) is 0 Å². The van der Waals surface area contributed by atoms with Crippen molar-refractivity contribution >= 4 is 17.1 Å². The molecule has 0 radical (unpaired) electrons. The fourth-order valence-electron chi connectivity index (χ4n) is 4.75. The Kier molecular flexibility index (Phi) is 6.34. The highest BCUT2D eigenvalue weighted by atomic mass is 15.1. The summed E-state index contributed by atoms with van der Waals surface area (Å²) in [5, 5.41) is 0. The Morgan fingerprint density at radius 3 is 0.676 bits per heavy atom. The minimum absolute atomic E-state index is 1.12. The van der Waals surface area contributed by atoms with E-state index in [0.717, 1.165) is 17.1 Å². The van der Waals surface area contributed by atoms with Crippen molar-refractivity contribution in [3.8, 4) is 33.4 Å². The Morgan fingerprint density at radius 2 is 0.432 bits per heavy atom. The van der Waals surface area contributed by atoms with Gasteiger partial charge in [0.1, 0.15) is 0 Å². The Balaban J connectivity index is 1.38. The standard InChI is InChI=1S/C36H27N/c1-4-10-28(11-5-1)31-16-22-34(23-17-31)37(35-24-18-32(19-25-35)29-12-6-2-7-13-29)36-26-20-33(21-27-36)30-14-8-3-9-15-30/h1-27H. The average Bonchev–Trinajstić information content (AvgIpc) is 3.00. The number of rotatable bonds is 6. The van der Waals surface area contributed by atoms with Crippen LogP contribution in [-0.4, -0.2) is 0 Å². The first-order valence-electron chi connectivity index (χ1n) is 12.6. The first-order chi connectivity index (χ1) is 18.3. The van der Waals surface area contributed by atoms with Gasteiger partial charge in [0, 0.05) is 17.1 Å². The number of hydrogen-bond donors (Lipinski definition) is 0. The van der Waals surface area contributed by atoms with Gasteiger partial charge in [-0.25, -0.2) is 0 Å². The third kappa shape index (κ3) is 4.94. The second-order valence-corrected chi connectivity index (χ2v) is 9.07. The van der Waals surface area contributed by atoms with Crippen LogP contribution in [0.3, 0.4) is 0 Å². The molecule has 0 atom stereocenters. The van der Waals surface area contributed by atoms with Gasteiger partial charge in [-0.1, -0.05) is 127 Å². The Labute approximate surface area is 218 Å². The maximum absolute atomic E-state index is 2.32. The third-order valence-corrected chi connectivity index (χ3v) is 6.70. The molecule has 0 aromatic heterocycles. The minimum atomic E-state index is 1.12. The van der Waals surface area contributed by atoms with E-state index < -0.39 is 0 Å². The molecule has 6 rings (SSSR count). The summed E-state index contributed by atoms with van der Waals surface area (Å²) in [7, 11) is 0. The molecule has 0 aliphatic rings. The SMILES string of the molecule is c1ccc(-c2ccc(N(c3ccc(-c4ccccc4)cc3)c3ccc(-c4ccccc4)cc3)cc2)cc1. The van der Waals surface area contributed by atoms with Gasteiger partial charge in [-0.2, -0.15) is 0 Å². The topological polar surface area (TPSA) is 3.24 Å². The van der Waals surface area contributed by atoms with Gasteiger partial charge in [0.2, 0.25) is 0 Å². The van der Waals surface area contributed by atoms with Gasteiger partial charge < -0.3 is 4.90 Å². The van der Waals surface area contributed by atoms with Crippen molar-refractivity contribution in [2.75, 3.05) is 4.90 Å². The van der Waals surface area contributed by atoms with E-state index in [2.05, 4.69) is 169 Å². The summed E-state index contributed by atoms with van der Waals surface area (Å²) in [6.07, 6.45) is 0. The summed E-state index contributed by atoms with van der Waals surface area (Å²) < 4.78 is 0. The van der Waals surface area contributed by atoms with Crippen LogP contribution in [0.1, 0.15) is 0 Å². The lowest BCUT2D eigenvalue weighted by atomic mass is 10.0. The molecule has 0 N–H and O–H groups in total. The molecule has 0 spiro atoms. The largest absolute Gasteiger partial charge is 0.311 e. The van der Waals surface area contributed by atoms with Crippen molar-refractivity contribution in [3.63, 3.8) is 0 Å². The van der Waals surface area contributed by atoms with Crippen molar-refractivity contribution in [1.29, 1.82) is 0 Å². The highest BCUT2D eigenvalue weighted by molar-refractivity contribution is 5.81. The van der Waals surface area contributed by atoms with Gasteiger partial charge in [-0.3, -0.25) is 0 Å². The first kappa shape index (κ1) is 22.6. The molecule has 0 heterocycles. The van der Waals surface area contributed by atoms with Crippen LogP contribution in [0, 0.1) is 0 Å². The molecule has 1 nitrogen and oxygen atoms in total. The van der Waals surface area contributed by atoms with Gasteiger partial charge in [0.05, 0.1) is 0 Å². The van der Waals surface area contributed by atoms with Crippen LogP contribution in [0.4, 0.5) is 17.1 Å².